The van der Waals surface area contributed by atoms with E-state index in [9.17, 15) is 0 Å². The van der Waals surface area contributed by atoms with Crippen LogP contribution in [0.2, 0.25) is 0 Å². The van der Waals surface area contributed by atoms with Gasteiger partial charge in [0.05, 0.1) is 17.0 Å². The molecule has 0 nitrogen and oxygen atoms in total. The Balaban J connectivity index is 1.66. The first kappa shape index (κ1) is 26.6. The molecule has 34 heavy (non-hydrogen) atoms. The quantitative estimate of drug-likeness (QED) is 0.123. The highest BCUT2D eigenvalue weighted by Crippen LogP contribution is 2.46. The number of rotatable bonds is 14. The standard InChI is InChI=1S/C30H38Br2S2/c1-3-5-7-9-11-13-15-21-17-23-24(18-22(21)16-14-12-10-8-6-4-2)26-20-28(32)34-30(26)29-25(23)19-27(31)33-29/h17-20H,3-16H2,1-2H3. The van der Waals surface area contributed by atoms with Crippen LogP contribution in [-0.4, -0.2) is 0 Å². The monoisotopic (exact) mass is 620 g/mol. The molecular formula is C30H38Br2S2. The van der Waals surface area contributed by atoms with Gasteiger partial charge in [-0.1, -0.05) is 90.2 Å². The van der Waals surface area contributed by atoms with Crippen LogP contribution in [0.15, 0.2) is 31.8 Å². The highest BCUT2D eigenvalue weighted by Gasteiger charge is 2.16. The van der Waals surface area contributed by atoms with Crippen molar-refractivity contribution in [2.75, 3.05) is 0 Å². The Hall–Kier alpha value is -0.420. The van der Waals surface area contributed by atoms with Gasteiger partial charge in [0.2, 0.25) is 0 Å². The van der Waals surface area contributed by atoms with Gasteiger partial charge in [-0.3, -0.25) is 0 Å². The van der Waals surface area contributed by atoms with E-state index in [1.54, 1.807) is 11.1 Å². The molecule has 4 aromatic rings. The average molecular weight is 623 g/mol. The second-order valence-electron chi connectivity index (χ2n) is 9.79. The van der Waals surface area contributed by atoms with Crippen molar-refractivity contribution in [3.63, 3.8) is 0 Å². The zero-order chi connectivity index (χ0) is 23.9. The molecule has 0 aliphatic rings. The normalized spacial score (nSPS) is 12.0. The lowest BCUT2D eigenvalue weighted by atomic mass is 9.91. The summed E-state index contributed by atoms with van der Waals surface area (Å²) in [6, 6.07) is 9.83. The zero-order valence-corrected chi connectivity index (χ0v) is 25.6. The summed E-state index contributed by atoms with van der Waals surface area (Å²) in [4.78, 5) is 0. The van der Waals surface area contributed by atoms with Crippen LogP contribution in [0.5, 0.6) is 0 Å². The number of unbranched alkanes of at least 4 members (excludes halogenated alkanes) is 10. The zero-order valence-electron chi connectivity index (χ0n) is 20.8. The summed E-state index contributed by atoms with van der Waals surface area (Å²) >= 11 is 11.3. The minimum atomic E-state index is 1.23. The molecule has 0 amide bonds. The third-order valence-corrected chi connectivity index (χ3v) is 10.6. The molecule has 0 saturated heterocycles. The number of thiophene rings is 2. The summed E-state index contributed by atoms with van der Waals surface area (Å²) in [6.45, 7) is 4.60. The van der Waals surface area contributed by atoms with Gasteiger partial charge in [-0.15, -0.1) is 22.7 Å². The van der Waals surface area contributed by atoms with E-state index in [-0.39, 0.29) is 0 Å². The molecule has 4 rings (SSSR count). The van der Waals surface area contributed by atoms with Crippen LogP contribution in [0.4, 0.5) is 0 Å². The predicted octanol–water partition coefficient (Wildman–Crippen LogP) is 12.6. The molecule has 0 aliphatic carbocycles. The van der Waals surface area contributed by atoms with Gasteiger partial charge in [0.15, 0.2) is 0 Å². The third kappa shape index (κ3) is 6.47. The van der Waals surface area contributed by atoms with Crippen molar-refractivity contribution in [2.24, 2.45) is 0 Å². The van der Waals surface area contributed by atoms with Gasteiger partial charge in [0.25, 0.3) is 0 Å². The maximum absolute atomic E-state index is 3.78. The van der Waals surface area contributed by atoms with Gasteiger partial charge in [-0.2, -0.15) is 0 Å². The van der Waals surface area contributed by atoms with E-state index in [4.69, 9.17) is 0 Å². The summed E-state index contributed by atoms with van der Waals surface area (Å²) < 4.78 is 5.32. The fourth-order valence-corrected chi connectivity index (χ4v) is 8.64. The minimum Gasteiger partial charge on any atom is -0.127 e. The number of benzene rings is 2. The maximum atomic E-state index is 3.78. The van der Waals surface area contributed by atoms with Crippen molar-refractivity contribution in [1.82, 2.24) is 0 Å². The molecule has 2 aromatic carbocycles. The smallest absolute Gasteiger partial charge is 0.0711 e. The van der Waals surface area contributed by atoms with Crippen LogP contribution in [0.25, 0.3) is 30.9 Å². The van der Waals surface area contributed by atoms with E-state index in [0.717, 1.165) is 0 Å². The van der Waals surface area contributed by atoms with E-state index >= 15 is 0 Å². The Kier molecular flexibility index (Phi) is 10.4. The van der Waals surface area contributed by atoms with Gasteiger partial charge in [0, 0.05) is 10.8 Å². The lowest BCUT2D eigenvalue weighted by molar-refractivity contribution is 0.599. The maximum Gasteiger partial charge on any atom is 0.0711 e. The third-order valence-electron chi connectivity index (χ3n) is 7.13. The highest BCUT2D eigenvalue weighted by molar-refractivity contribution is 9.11. The summed E-state index contributed by atoms with van der Waals surface area (Å²) in [7, 11) is 0. The predicted molar refractivity (Wildman–Crippen MR) is 164 cm³/mol. The van der Waals surface area contributed by atoms with Crippen LogP contribution in [0, 0.1) is 0 Å². The Morgan fingerprint density at radius 2 is 0.882 bits per heavy atom. The molecule has 2 heterocycles. The Morgan fingerprint density at radius 3 is 1.29 bits per heavy atom. The van der Waals surface area contributed by atoms with Crippen LogP contribution in [-0.2, 0) is 12.8 Å². The fourth-order valence-electron chi connectivity index (χ4n) is 5.25. The van der Waals surface area contributed by atoms with Crippen molar-refractivity contribution < 1.29 is 0 Å². The number of aryl methyl sites for hydroxylation is 2. The summed E-state index contributed by atoms with van der Waals surface area (Å²) in [5.41, 5.74) is 3.21. The number of hydrogen-bond donors (Lipinski definition) is 0. The topological polar surface area (TPSA) is 0 Å². The van der Waals surface area contributed by atoms with Crippen LogP contribution in [0.3, 0.4) is 0 Å². The first-order valence-corrected chi connectivity index (χ1v) is 16.6. The van der Waals surface area contributed by atoms with Crippen molar-refractivity contribution in [1.29, 1.82) is 0 Å². The highest BCUT2D eigenvalue weighted by atomic mass is 79.9. The first-order valence-electron chi connectivity index (χ1n) is 13.4. The molecule has 0 radical (unpaired) electrons. The second kappa shape index (κ2) is 13.2. The first-order chi connectivity index (χ1) is 16.6. The van der Waals surface area contributed by atoms with Gasteiger partial charge < -0.3 is 0 Å². The molecule has 0 unspecified atom stereocenters. The molecule has 2 aromatic heterocycles. The van der Waals surface area contributed by atoms with Crippen LogP contribution < -0.4 is 0 Å². The Labute approximate surface area is 230 Å². The number of hydrogen-bond acceptors (Lipinski definition) is 2. The van der Waals surface area contributed by atoms with Crippen molar-refractivity contribution in [3.05, 3.63) is 43.0 Å². The summed E-state index contributed by atoms with van der Waals surface area (Å²) in [6.07, 6.45) is 18.8. The van der Waals surface area contributed by atoms with E-state index in [1.165, 1.54) is 128 Å². The largest absolute Gasteiger partial charge is 0.127 e. The lowest BCUT2D eigenvalue weighted by Crippen LogP contribution is -1.97. The molecule has 184 valence electrons. The SMILES string of the molecule is CCCCCCCCc1cc2c(cc1CCCCCCCC)c1cc(Br)sc1c1sc(Br)cc21. The minimum absolute atomic E-state index is 1.23. The number of fused-ring (bicyclic) bond motifs is 6. The number of halogens is 2. The van der Waals surface area contributed by atoms with Gasteiger partial charge in [-0.25, -0.2) is 0 Å². The van der Waals surface area contributed by atoms with Gasteiger partial charge in [0.1, 0.15) is 0 Å². The van der Waals surface area contributed by atoms with Gasteiger partial charge in [-0.05, 0) is 91.6 Å². The van der Waals surface area contributed by atoms with Crippen molar-refractivity contribution in [3.8, 4) is 0 Å². The molecule has 0 saturated carbocycles. The van der Waals surface area contributed by atoms with E-state index in [2.05, 4.69) is 70.0 Å². The van der Waals surface area contributed by atoms with Crippen molar-refractivity contribution >= 4 is 85.5 Å². The average Bonchev–Trinajstić information content (AvgIpc) is 3.41. The molecule has 0 atom stereocenters. The second-order valence-corrected chi connectivity index (χ2v) is 14.7. The van der Waals surface area contributed by atoms with Crippen LogP contribution >= 0.6 is 54.5 Å². The van der Waals surface area contributed by atoms with Gasteiger partial charge >= 0.3 is 0 Å². The molecule has 0 fully saturated rings. The molecule has 0 spiro atoms. The summed E-state index contributed by atoms with van der Waals surface area (Å²) in [5.74, 6) is 0. The van der Waals surface area contributed by atoms with Crippen LogP contribution in [0.1, 0.15) is 102 Å². The summed E-state index contributed by atoms with van der Waals surface area (Å²) in [5, 5.41) is 5.73. The molecule has 0 aliphatic heterocycles. The molecule has 0 bridgehead atoms. The Bertz CT molecular complexity index is 1120. The van der Waals surface area contributed by atoms with E-state index < -0.39 is 0 Å². The lowest BCUT2D eigenvalue weighted by Gasteiger charge is -2.14. The Morgan fingerprint density at radius 1 is 0.500 bits per heavy atom. The van der Waals surface area contributed by atoms with E-state index in [1.807, 2.05) is 22.7 Å². The molecule has 0 N–H and O–H groups in total. The van der Waals surface area contributed by atoms with E-state index in [0.29, 0.717) is 0 Å². The molecular weight excluding hydrogens is 584 g/mol. The molecule has 4 heteroatoms. The van der Waals surface area contributed by atoms with Crippen molar-refractivity contribution in [2.45, 2.75) is 104 Å². The fraction of sp³-hybridized carbons (Fsp3) is 0.533.